The molecule has 0 N–H and O–H groups in total. The van der Waals surface area contributed by atoms with Gasteiger partial charge < -0.3 is 9.47 Å². The number of hydrogen-bond acceptors (Lipinski definition) is 4. The van der Waals surface area contributed by atoms with Crippen LogP contribution in [0.2, 0.25) is 0 Å². The summed E-state index contributed by atoms with van der Waals surface area (Å²) in [6.45, 7) is 0.114. The highest BCUT2D eigenvalue weighted by Gasteiger charge is 2.36. The standard InChI is InChI=1S/C30H26O4/c31-28(25-15-7-2-8-16-25)33-22-30(27-19-11-4-12-20-27,21-24-13-5-1-6-14-24)23-34-29(32)26-17-9-3-10-18-26/h1-20H,21-23H2. The Bertz CT molecular complexity index is 1130. The lowest BCUT2D eigenvalue weighted by atomic mass is 9.76. The number of esters is 2. The SMILES string of the molecule is O=C(OCC(COC(=O)c1ccccc1)(Cc1ccccc1)c1ccccc1)c1ccccc1. The summed E-state index contributed by atoms with van der Waals surface area (Å²) in [5, 5.41) is 0. The Morgan fingerprint density at radius 3 is 1.35 bits per heavy atom. The quantitative estimate of drug-likeness (QED) is 0.299. The molecule has 0 spiro atoms. The Hall–Kier alpha value is -4.18. The van der Waals surface area contributed by atoms with Gasteiger partial charge in [0.25, 0.3) is 0 Å². The van der Waals surface area contributed by atoms with Crippen molar-refractivity contribution in [2.75, 3.05) is 13.2 Å². The van der Waals surface area contributed by atoms with E-state index in [2.05, 4.69) is 0 Å². The second-order valence-corrected chi connectivity index (χ2v) is 8.19. The van der Waals surface area contributed by atoms with Gasteiger partial charge in [-0.05, 0) is 41.8 Å². The van der Waals surface area contributed by atoms with Crippen LogP contribution in [0.15, 0.2) is 121 Å². The van der Waals surface area contributed by atoms with E-state index in [1.165, 1.54) is 0 Å². The molecular formula is C30H26O4. The molecule has 4 rings (SSSR count). The number of carbonyl (C=O) groups is 2. The number of ether oxygens (including phenoxy) is 2. The van der Waals surface area contributed by atoms with Crippen molar-refractivity contribution in [3.05, 3.63) is 144 Å². The highest BCUT2D eigenvalue weighted by atomic mass is 16.5. The van der Waals surface area contributed by atoms with Gasteiger partial charge in [0.15, 0.2) is 0 Å². The number of hydrogen-bond donors (Lipinski definition) is 0. The maximum atomic E-state index is 12.8. The van der Waals surface area contributed by atoms with Crippen molar-refractivity contribution >= 4 is 11.9 Å². The van der Waals surface area contributed by atoms with Crippen molar-refractivity contribution in [2.45, 2.75) is 11.8 Å². The van der Waals surface area contributed by atoms with Crippen LogP contribution < -0.4 is 0 Å². The lowest BCUT2D eigenvalue weighted by Crippen LogP contribution is -2.41. The van der Waals surface area contributed by atoms with E-state index < -0.39 is 17.4 Å². The Labute approximate surface area is 199 Å². The van der Waals surface area contributed by atoms with Gasteiger partial charge >= 0.3 is 11.9 Å². The summed E-state index contributed by atoms with van der Waals surface area (Å²) in [7, 11) is 0. The predicted molar refractivity (Wildman–Crippen MR) is 132 cm³/mol. The van der Waals surface area contributed by atoms with E-state index in [1.54, 1.807) is 48.5 Å². The molecule has 0 aliphatic rings. The van der Waals surface area contributed by atoms with Crippen LogP contribution in [0.4, 0.5) is 0 Å². The molecule has 4 nitrogen and oxygen atoms in total. The fraction of sp³-hybridized carbons (Fsp3) is 0.133. The first-order chi connectivity index (χ1) is 16.7. The zero-order chi connectivity index (χ0) is 23.6. The second kappa shape index (κ2) is 11.1. The predicted octanol–water partition coefficient (Wildman–Crippen LogP) is 5.88. The maximum Gasteiger partial charge on any atom is 0.338 e. The van der Waals surface area contributed by atoms with Crippen molar-refractivity contribution in [3.63, 3.8) is 0 Å². The molecular weight excluding hydrogens is 424 g/mol. The van der Waals surface area contributed by atoms with Crippen molar-refractivity contribution in [3.8, 4) is 0 Å². The number of rotatable bonds is 9. The van der Waals surface area contributed by atoms with Crippen LogP contribution >= 0.6 is 0 Å². The van der Waals surface area contributed by atoms with Crippen LogP contribution in [0, 0.1) is 0 Å². The van der Waals surface area contributed by atoms with E-state index in [0.717, 1.165) is 11.1 Å². The molecule has 0 saturated heterocycles. The molecule has 0 fully saturated rings. The van der Waals surface area contributed by atoms with E-state index in [9.17, 15) is 9.59 Å². The second-order valence-electron chi connectivity index (χ2n) is 8.19. The van der Waals surface area contributed by atoms with Crippen LogP contribution in [0.5, 0.6) is 0 Å². The van der Waals surface area contributed by atoms with Gasteiger partial charge in [-0.25, -0.2) is 9.59 Å². The van der Waals surface area contributed by atoms with Gasteiger partial charge in [-0.3, -0.25) is 0 Å². The number of carbonyl (C=O) groups excluding carboxylic acids is 2. The molecule has 0 atom stereocenters. The third-order valence-electron chi connectivity index (χ3n) is 5.75. The van der Waals surface area contributed by atoms with Gasteiger partial charge in [0.1, 0.15) is 13.2 Å². The summed E-state index contributed by atoms with van der Waals surface area (Å²) < 4.78 is 11.7. The Morgan fingerprint density at radius 2 is 0.912 bits per heavy atom. The summed E-state index contributed by atoms with van der Waals surface area (Å²) in [4.78, 5) is 25.6. The van der Waals surface area contributed by atoms with Gasteiger partial charge in [-0.15, -0.1) is 0 Å². The van der Waals surface area contributed by atoms with Gasteiger partial charge in [-0.1, -0.05) is 97.1 Å². The number of benzene rings is 4. The first-order valence-electron chi connectivity index (χ1n) is 11.2. The first kappa shape index (κ1) is 23.0. The minimum atomic E-state index is -0.766. The molecule has 0 heterocycles. The molecule has 4 aromatic rings. The molecule has 0 radical (unpaired) electrons. The molecule has 0 aliphatic heterocycles. The van der Waals surface area contributed by atoms with Gasteiger partial charge in [0.2, 0.25) is 0 Å². The summed E-state index contributed by atoms with van der Waals surface area (Å²) in [6, 6.07) is 37.5. The zero-order valence-corrected chi connectivity index (χ0v) is 18.8. The normalized spacial score (nSPS) is 10.9. The van der Waals surface area contributed by atoms with Crippen LogP contribution in [-0.4, -0.2) is 25.2 Å². The van der Waals surface area contributed by atoms with Gasteiger partial charge in [0.05, 0.1) is 16.5 Å². The minimum Gasteiger partial charge on any atom is -0.461 e. The van der Waals surface area contributed by atoms with Gasteiger partial charge in [0, 0.05) is 0 Å². The maximum absolute atomic E-state index is 12.8. The molecule has 0 saturated carbocycles. The Balaban J connectivity index is 1.65. The lowest BCUT2D eigenvalue weighted by molar-refractivity contribution is 0.0170. The monoisotopic (exact) mass is 450 g/mol. The average molecular weight is 451 g/mol. The third kappa shape index (κ3) is 5.78. The van der Waals surface area contributed by atoms with E-state index in [1.807, 2.05) is 72.8 Å². The average Bonchev–Trinajstić information content (AvgIpc) is 2.92. The summed E-state index contributed by atoms with van der Waals surface area (Å²) >= 11 is 0. The van der Waals surface area contributed by atoms with Crippen molar-refractivity contribution in [1.29, 1.82) is 0 Å². The fourth-order valence-electron chi connectivity index (χ4n) is 3.91. The van der Waals surface area contributed by atoms with Crippen LogP contribution in [-0.2, 0) is 21.3 Å². The summed E-state index contributed by atoms with van der Waals surface area (Å²) in [5.41, 5.74) is 2.17. The van der Waals surface area contributed by atoms with E-state index in [-0.39, 0.29) is 13.2 Å². The van der Waals surface area contributed by atoms with Crippen molar-refractivity contribution in [2.24, 2.45) is 0 Å². The molecule has 4 heteroatoms. The molecule has 0 aromatic heterocycles. The first-order valence-corrected chi connectivity index (χ1v) is 11.2. The Kier molecular flexibility index (Phi) is 7.51. The third-order valence-corrected chi connectivity index (χ3v) is 5.75. The lowest BCUT2D eigenvalue weighted by Gasteiger charge is -2.33. The molecule has 0 amide bonds. The van der Waals surface area contributed by atoms with Crippen molar-refractivity contribution < 1.29 is 19.1 Å². The molecule has 0 bridgehead atoms. The highest BCUT2D eigenvalue weighted by molar-refractivity contribution is 5.90. The summed E-state index contributed by atoms with van der Waals surface area (Å²) in [5.74, 6) is -0.827. The Morgan fingerprint density at radius 1 is 0.529 bits per heavy atom. The zero-order valence-electron chi connectivity index (χ0n) is 18.8. The molecule has 0 aliphatic carbocycles. The smallest absolute Gasteiger partial charge is 0.338 e. The molecule has 170 valence electrons. The van der Waals surface area contributed by atoms with E-state index in [4.69, 9.17) is 9.47 Å². The van der Waals surface area contributed by atoms with E-state index in [0.29, 0.717) is 17.5 Å². The highest BCUT2D eigenvalue weighted by Crippen LogP contribution is 2.31. The minimum absolute atomic E-state index is 0.0572. The fourth-order valence-corrected chi connectivity index (χ4v) is 3.91. The van der Waals surface area contributed by atoms with Gasteiger partial charge in [-0.2, -0.15) is 0 Å². The molecule has 34 heavy (non-hydrogen) atoms. The van der Waals surface area contributed by atoms with Crippen molar-refractivity contribution in [1.82, 2.24) is 0 Å². The molecule has 0 unspecified atom stereocenters. The van der Waals surface area contributed by atoms with Crippen LogP contribution in [0.3, 0.4) is 0 Å². The van der Waals surface area contributed by atoms with Crippen LogP contribution in [0.25, 0.3) is 0 Å². The molecule has 4 aromatic carbocycles. The summed E-state index contributed by atoms with van der Waals surface area (Å²) in [6.07, 6.45) is 0.530. The largest absolute Gasteiger partial charge is 0.461 e. The van der Waals surface area contributed by atoms with Crippen LogP contribution in [0.1, 0.15) is 31.8 Å². The topological polar surface area (TPSA) is 52.6 Å². The van der Waals surface area contributed by atoms with E-state index >= 15 is 0 Å².